The lowest BCUT2D eigenvalue weighted by Crippen LogP contribution is -2.09. The summed E-state index contributed by atoms with van der Waals surface area (Å²) >= 11 is 0. The van der Waals surface area contributed by atoms with E-state index in [1.54, 1.807) is 10.9 Å². The van der Waals surface area contributed by atoms with Crippen molar-refractivity contribution < 1.29 is 9.84 Å². The molecule has 2 heterocycles. The number of nitrogen functional groups attached to an aromatic ring is 2. The fraction of sp³-hybridized carbons (Fsp3) is 0.444. The molecule has 0 unspecified atom stereocenters. The second-order valence-electron chi connectivity index (χ2n) is 3.41. The quantitative estimate of drug-likeness (QED) is 0.570. The van der Waals surface area contributed by atoms with E-state index in [0.717, 1.165) is 0 Å². The molecule has 0 saturated carbocycles. The molecule has 0 fully saturated rings. The molecule has 0 spiro atoms. The molecule has 0 bridgehead atoms. The lowest BCUT2D eigenvalue weighted by atomic mass is 10.5. The average molecular weight is 238 g/mol. The molecule has 0 aromatic carbocycles. The Morgan fingerprint density at radius 3 is 2.88 bits per heavy atom. The number of aromatic nitrogens is 4. The summed E-state index contributed by atoms with van der Waals surface area (Å²) in [6.07, 6.45) is 1.61. The monoisotopic (exact) mass is 238 g/mol. The Hall–Kier alpha value is -1.93. The maximum absolute atomic E-state index is 8.57. The highest BCUT2D eigenvalue weighted by Crippen LogP contribution is 2.16. The van der Waals surface area contributed by atoms with Crippen molar-refractivity contribution in [1.82, 2.24) is 19.5 Å². The van der Waals surface area contributed by atoms with Crippen molar-refractivity contribution in [1.29, 1.82) is 0 Å². The summed E-state index contributed by atoms with van der Waals surface area (Å²) in [7, 11) is 0. The van der Waals surface area contributed by atoms with Gasteiger partial charge < -0.3 is 25.9 Å². The topological polar surface area (TPSA) is 125 Å². The van der Waals surface area contributed by atoms with E-state index in [-0.39, 0.29) is 18.4 Å². The number of ether oxygens (including phenoxy) is 1. The number of aliphatic hydroxyl groups excluding tert-OH is 1. The summed E-state index contributed by atoms with van der Waals surface area (Å²) in [4.78, 5) is 12.0. The van der Waals surface area contributed by atoms with Gasteiger partial charge in [0.15, 0.2) is 11.5 Å². The Kier molecular flexibility index (Phi) is 3.35. The van der Waals surface area contributed by atoms with Crippen molar-refractivity contribution in [3.63, 3.8) is 0 Å². The number of hydrogen-bond acceptors (Lipinski definition) is 7. The first-order valence-electron chi connectivity index (χ1n) is 5.15. The normalized spacial score (nSPS) is 11.1. The molecular formula is C9H14N6O2. The van der Waals surface area contributed by atoms with Crippen molar-refractivity contribution in [3.8, 4) is 0 Å². The highest BCUT2D eigenvalue weighted by Gasteiger charge is 2.09. The summed E-state index contributed by atoms with van der Waals surface area (Å²) in [6.45, 7) is 1.33. The Balaban J connectivity index is 2.18. The molecule has 0 aliphatic heterocycles. The summed E-state index contributed by atoms with van der Waals surface area (Å²) in [5.41, 5.74) is 12.3. The standard InChI is InChI=1S/C9H14N6O2/c10-7-6-8(14-9(11)13-7)15(5-12-6)1-3-17-4-2-16/h5,16H,1-4H2,(H4,10,11,13,14). The van der Waals surface area contributed by atoms with Crippen LogP contribution in [-0.2, 0) is 11.3 Å². The number of aliphatic hydroxyl groups is 1. The van der Waals surface area contributed by atoms with Gasteiger partial charge in [-0.25, -0.2) is 4.98 Å². The average Bonchev–Trinajstić information content (AvgIpc) is 2.68. The Morgan fingerprint density at radius 1 is 1.29 bits per heavy atom. The van der Waals surface area contributed by atoms with E-state index in [4.69, 9.17) is 21.3 Å². The summed E-state index contributed by atoms with van der Waals surface area (Å²) < 4.78 is 6.94. The zero-order valence-electron chi connectivity index (χ0n) is 9.20. The lowest BCUT2D eigenvalue weighted by Gasteiger charge is -2.04. The lowest BCUT2D eigenvalue weighted by molar-refractivity contribution is 0.0874. The van der Waals surface area contributed by atoms with Gasteiger partial charge in [-0.15, -0.1) is 0 Å². The molecule has 0 radical (unpaired) electrons. The van der Waals surface area contributed by atoms with Gasteiger partial charge in [-0.1, -0.05) is 0 Å². The molecule has 2 rings (SSSR count). The van der Waals surface area contributed by atoms with E-state index >= 15 is 0 Å². The van der Waals surface area contributed by atoms with Crippen LogP contribution in [0.2, 0.25) is 0 Å². The number of fused-ring (bicyclic) bond motifs is 1. The van der Waals surface area contributed by atoms with Crippen molar-refractivity contribution in [2.24, 2.45) is 0 Å². The molecule has 8 heteroatoms. The van der Waals surface area contributed by atoms with E-state index in [2.05, 4.69) is 15.0 Å². The first-order valence-corrected chi connectivity index (χ1v) is 5.15. The SMILES string of the molecule is Nc1nc(N)c2ncn(CCOCCO)c2n1. The molecule has 0 aliphatic rings. The predicted octanol–water partition coefficient (Wildman–Crippen LogP) is -1.00. The van der Waals surface area contributed by atoms with Crippen molar-refractivity contribution >= 4 is 22.9 Å². The number of anilines is 2. The summed E-state index contributed by atoms with van der Waals surface area (Å²) in [6, 6.07) is 0. The molecule has 5 N–H and O–H groups in total. The molecular weight excluding hydrogens is 224 g/mol. The fourth-order valence-corrected chi connectivity index (χ4v) is 1.48. The van der Waals surface area contributed by atoms with Gasteiger partial charge in [-0.05, 0) is 0 Å². The van der Waals surface area contributed by atoms with Crippen LogP contribution in [0, 0.1) is 0 Å². The third-order valence-corrected chi connectivity index (χ3v) is 2.22. The van der Waals surface area contributed by atoms with Crippen LogP contribution in [0.1, 0.15) is 0 Å². The van der Waals surface area contributed by atoms with Crippen molar-refractivity contribution in [2.75, 3.05) is 31.3 Å². The number of imidazole rings is 1. The molecule has 0 aliphatic carbocycles. The second-order valence-corrected chi connectivity index (χ2v) is 3.41. The first kappa shape index (κ1) is 11.6. The molecule has 8 nitrogen and oxygen atoms in total. The van der Waals surface area contributed by atoms with Crippen LogP contribution in [-0.4, -0.2) is 44.4 Å². The third kappa shape index (κ3) is 2.43. The Bertz CT molecular complexity index is 511. The maximum atomic E-state index is 8.57. The van der Waals surface area contributed by atoms with Crippen LogP contribution in [0.4, 0.5) is 11.8 Å². The van der Waals surface area contributed by atoms with Gasteiger partial charge in [0.25, 0.3) is 0 Å². The van der Waals surface area contributed by atoms with Crippen LogP contribution >= 0.6 is 0 Å². The largest absolute Gasteiger partial charge is 0.394 e. The fourth-order valence-electron chi connectivity index (χ4n) is 1.48. The Morgan fingerprint density at radius 2 is 2.12 bits per heavy atom. The Labute approximate surface area is 97.2 Å². The summed E-state index contributed by atoms with van der Waals surface area (Å²) in [5, 5.41) is 8.57. The third-order valence-electron chi connectivity index (χ3n) is 2.22. The van der Waals surface area contributed by atoms with Gasteiger partial charge in [-0.2, -0.15) is 9.97 Å². The highest BCUT2D eigenvalue weighted by molar-refractivity contribution is 5.82. The van der Waals surface area contributed by atoms with Gasteiger partial charge >= 0.3 is 0 Å². The highest BCUT2D eigenvalue weighted by atomic mass is 16.5. The number of nitrogens with zero attached hydrogens (tertiary/aromatic N) is 4. The number of hydrogen-bond donors (Lipinski definition) is 3. The van der Waals surface area contributed by atoms with Crippen LogP contribution in [0.3, 0.4) is 0 Å². The van der Waals surface area contributed by atoms with Crippen molar-refractivity contribution in [2.45, 2.75) is 6.54 Å². The smallest absolute Gasteiger partial charge is 0.224 e. The minimum absolute atomic E-state index is 0.00669. The van der Waals surface area contributed by atoms with Crippen LogP contribution in [0.15, 0.2) is 6.33 Å². The predicted molar refractivity (Wildman–Crippen MR) is 62.1 cm³/mol. The van der Waals surface area contributed by atoms with Crippen LogP contribution in [0.5, 0.6) is 0 Å². The number of nitrogens with two attached hydrogens (primary N) is 2. The van der Waals surface area contributed by atoms with Crippen LogP contribution in [0.25, 0.3) is 11.2 Å². The van der Waals surface area contributed by atoms with Gasteiger partial charge in [0.2, 0.25) is 5.95 Å². The minimum atomic E-state index is 0.00669. The number of rotatable bonds is 5. The molecule has 0 amide bonds. The maximum Gasteiger partial charge on any atom is 0.224 e. The van der Waals surface area contributed by atoms with E-state index in [9.17, 15) is 0 Å². The van der Waals surface area contributed by atoms with Crippen molar-refractivity contribution in [3.05, 3.63) is 6.33 Å². The van der Waals surface area contributed by atoms with Gasteiger partial charge in [0, 0.05) is 6.54 Å². The molecule has 0 atom stereocenters. The zero-order chi connectivity index (χ0) is 12.3. The van der Waals surface area contributed by atoms with Gasteiger partial charge in [0.1, 0.15) is 5.52 Å². The molecule has 17 heavy (non-hydrogen) atoms. The molecule has 0 saturated heterocycles. The van der Waals surface area contributed by atoms with Gasteiger partial charge in [-0.3, -0.25) is 0 Å². The second kappa shape index (κ2) is 4.93. The first-order chi connectivity index (χ1) is 8.22. The van der Waals surface area contributed by atoms with E-state index < -0.39 is 0 Å². The summed E-state index contributed by atoms with van der Waals surface area (Å²) in [5.74, 6) is 0.385. The van der Waals surface area contributed by atoms with E-state index in [1.165, 1.54) is 0 Å². The van der Waals surface area contributed by atoms with E-state index in [0.29, 0.717) is 30.9 Å². The zero-order valence-corrected chi connectivity index (χ0v) is 9.20. The molecule has 2 aromatic heterocycles. The van der Waals surface area contributed by atoms with Gasteiger partial charge in [0.05, 0.1) is 26.1 Å². The van der Waals surface area contributed by atoms with Crippen LogP contribution < -0.4 is 11.5 Å². The van der Waals surface area contributed by atoms with E-state index in [1.807, 2.05) is 0 Å². The molecule has 92 valence electrons. The minimum Gasteiger partial charge on any atom is -0.394 e. The molecule has 2 aromatic rings.